The van der Waals surface area contributed by atoms with Crippen LogP contribution in [0.15, 0.2) is 48.5 Å². The molecule has 0 radical (unpaired) electrons. The Morgan fingerprint density at radius 3 is 2.13 bits per heavy atom. The van der Waals surface area contributed by atoms with E-state index in [-0.39, 0.29) is 13.4 Å². The zero-order valence-corrected chi connectivity index (χ0v) is 18.2. The molecule has 0 heterocycles. The summed E-state index contributed by atoms with van der Waals surface area (Å²) in [4.78, 5) is 12.5. The molecule has 3 rings (SSSR count). The van der Waals surface area contributed by atoms with E-state index in [2.05, 4.69) is 26.0 Å². The van der Waals surface area contributed by atoms with Gasteiger partial charge in [-0.1, -0.05) is 77.6 Å². The number of aryl methyl sites for hydroxylation is 1. The Morgan fingerprint density at radius 2 is 1.53 bits per heavy atom. The monoisotopic (exact) mass is 408 g/mol. The zero-order chi connectivity index (χ0) is 20.5. The number of rotatable bonds is 9. The fraction of sp³-hybridized carbons (Fsp3) is 0.536. The zero-order valence-electron chi connectivity index (χ0n) is 18.2. The van der Waals surface area contributed by atoms with Gasteiger partial charge < -0.3 is 4.74 Å². The van der Waals surface area contributed by atoms with Gasteiger partial charge in [0.15, 0.2) is 0 Å². The molecule has 30 heavy (non-hydrogen) atoms. The minimum atomic E-state index is -0.278. The van der Waals surface area contributed by atoms with Crippen LogP contribution in [0.1, 0.15) is 106 Å². The number of carbonyl (C=O) groups excluding carboxylic acids is 1. The van der Waals surface area contributed by atoms with Gasteiger partial charge in [0, 0.05) is 0 Å². The van der Waals surface area contributed by atoms with Crippen molar-refractivity contribution in [2.45, 2.75) is 91.4 Å². The van der Waals surface area contributed by atoms with Crippen LogP contribution >= 0.6 is 0 Å². The third-order valence-electron chi connectivity index (χ3n) is 6.35. The molecule has 0 spiro atoms. The normalized spacial score (nSPS) is 18.5. The number of hydrogen-bond acceptors (Lipinski definition) is 2. The second kappa shape index (κ2) is 12.6. The molecule has 0 N–H and O–H groups in total. The van der Waals surface area contributed by atoms with Gasteiger partial charge >= 0.3 is 5.97 Å². The van der Waals surface area contributed by atoms with Crippen molar-refractivity contribution in [3.05, 3.63) is 65.2 Å². The lowest BCUT2D eigenvalue weighted by atomic mass is 9.77. The third kappa shape index (κ3) is 7.00. The topological polar surface area (TPSA) is 26.3 Å². The largest absolute Gasteiger partial charge is 0.423 e. The van der Waals surface area contributed by atoms with Gasteiger partial charge in [-0.05, 0) is 79.3 Å². The Hall–Kier alpha value is -2.09. The van der Waals surface area contributed by atoms with Gasteiger partial charge in [0.05, 0.1) is 5.56 Å². The summed E-state index contributed by atoms with van der Waals surface area (Å²) in [6.07, 6.45) is 12.9. The predicted molar refractivity (Wildman–Crippen MR) is 127 cm³/mol. The van der Waals surface area contributed by atoms with Crippen molar-refractivity contribution in [3.8, 4) is 5.75 Å². The van der Waals surface area contributed by atoms with Crippen molar-refractivity contribution in [2.24, 2.45) is 5.92 Å². The molecule has 0 aliphatic heterocycles. The van der Waals surface area contributed by atoms with Gasteiger partial charge in [-0.3, -0.25) is 0 Å². The van der Waals surface area contributed by atoms with Crippen molar-refractivity contribution in [1.29, 1.82) is 0 Å². The lowest BCUT2D eigenvalue weighted by Gasteiger charge is -2.29. The van der Waals surface area contributed by atoms with Crippen molar-refractivity contribution >= 4 is 5.97 Å². The van der Waals surface area contributed by atoms with E-state index in [9.17, 15) is 4.79 Å². The molecule has 1 aliphatic carbocycles. The molecular weight excluding hydrogens is 368 g/mol. The van der Waals surface area contributed by atoms with Crippen LogP contribution in [0.4, 0.5) is 0 Å². The van der Waals surface area contributed by atoms with Gasteiger partial charge in [-0.25, -0.2) is 4.79 Å². The smallest absolute Gasteiger partial charge is 0.343 e. The number of carbonyl (C=O) groups is 1. The van der Waals surface area contributed by atoms with E-state index in [0.717, 1.165) is 18.8 Å². The standard InChI is InChI=1S/C27H36O2.CH4/c1-3-5-6-8-22-9-13-23(14-10-22)24-15-17-25(18-16-24)27(28)29-26-19-11-21(7-4-2)12-20-26;/h11-12,15-20,22-23H,3-10,13-14H2,1-2H3;1H4. The first-order chi connectivity index (χ1) is 14.2. The van der Waals surface area contributed by atoms with Gasteiger partial charge in [-0.15, -0.1) is 0 Å². The number of benzene rings is 2. The fourth-order valence-corrected chi connectivity index (χ4v) is 4.54. The van der Waals surface area contributed by atoms with Crippen molar-refractivity contribution in [2.75, 3.05) is 0 Å². The second-order valence-corrected chi connectivity index (χ2v) is 8.62. The SMILES string of the molecule is C.CCCCCC1CCC(c2ccc(C(=O)Oc3ccc(CCC)cc3)cc2)CC1. The highest BCUT2D eigenvalue weighted by Crippen LogP contribution is 2.37. The highest BCUT2D eigenvalue weighted by Gasteiger charge is 2.22. The summed E-state index contributed by atoms with van der Waals surface area (Å²) in [6, 6.07) is 16.0. The number of hydrogen-bond donors (Lipinski definition) is 0. The Kier molecular flexibility index (Phi) is 10.1. The molecule has 164 valence electrons. The van der Waals surface area contributed by atoms with E-state index in [1.165, 1.54) is 62.5 Å². The molecule has 2 heteroatoms. The van der Waals surface area contributed by atoms with Crippen LogP contribution in [-0.4, -0.2) is 5.97 Å². The van der Waals surface area contributed by atoms with Gasteiger partial charge in [-0.2, -0.15) is 0 Å². The van der Waals surface area contributed by atoms with Gasteiger partial charge in [0.25, 0.3) is 0 Å². The van der Waals surface area contributed by atoms with E-state index in [4.69, 9.17) is 4.74 Å². The molecule has 0 saturated heterocycles. The van der Waals surface area contributed by atoms with E-state index in [1.54, 1.807) is 0 Å². The van der Waals surface area contributed by atoms with Gasteiger partial charge in [0.1, 0.15) is 5.75 Å². The van der Waals surface area contributed by atoms with Crippen LogP contribution in [-0.2, 0) is 6.42 Å². The summed E-state index contributed by atoms with van der Waals surface area (Å²) < 4.78 is 5.54. The lowest BCUT2D eigenvalue weighted by molar-refractivity contribution is 0.0734. The summed E-state index contributed by atoms with van der Waals surface area (Å²) in [5, 5.41) is 0. The molecule has 1 saturated carbocycles. The number of esters is 1. The van der Waals surface area contributed by atoms with Crippen LogP contribution in [0, 0.1) is 5.92 Å². The molecule has 0 aromatic heterocycles. The first kappa shape index (κ1) is 24.2. The summed E-state index contributed by atoms with van der Waals surface area (Å²) >= 11 is 0. The van der Waals surface area contributed by atoms with Crippen LogP contribution < -0.4 is 4.74 Å². The summed E-state index contributed by atoms with van der Waals surface area (Å²) in [6.45, 7) is 4.44. The van der Waals surface area contributed by atoms with Crippen molar-refractivity contribution < 1.29 is 9.53 Å². The van der Waals surface area contributed by atoms with Gasteiger partial charge in [0.2, 0.25) is 0 Å². The molecule has 2 aromatic rings. The minimum Gasteiger partial charge on any atom is -0.423 e. The molecule has 0 bridgehead atoms. The molecule has 2 aromatic carbocycles. The van der Waals surface area contributed by atoms with Crippen LogP contribution in [0.25, 0.3) is 0 Å². The molecular formula is C28H40O2. The van der Waals surface area contributed by atoms with E-state index in [0.29, 0.717) is 17.2 Å². The first-order valence-corrected chi connectivity index (χ1v) is 11.6. The Bertz CT molecular complexity index is 737. The first-order valence-electron chi connectivity index (χ1n) is 11.6. The maximum Gasteiger partial charge on any atom is 0.343 e. The highest BCUT2D eigenvalue weighted by molar-refractivity contribution is 5.91. The number of unbranched alkanes of at least 4 members (excludes halogenated alkanes) is 2. The minimum absolute atomic E-state index is 0. The molecule has 0 amide bonds. The van der Waals surface area contributed by atoms with Crippen LogP contribution in [0.5, 0.6) is 5.75 Å². The average Bonchev–Trinajstić information content (AvgIpc) is 2.76. The second-order valence-electron chi connectivity index (χ2n) is 8.62. The highest BCUT2D eigenvalue weighted by atomic mass is 16.5. The fourth-order valence-electron chi connectivity index (χ4n) is 4.54. The Morgan fingerprint density at radius 1 is 0.867 bits per heavy atom. The predicted octanol–water partition coefficient (Wildman–Crippen LogP) is 8.35. The lowest BCUT2D eigenvalue weighted by Crippen LogP contribution is -2.14. The summed E-state index contributed by atoms with van der Waals surface area (Å²) in [7, 11) is 0. The molecule has 0 unspecified atom stereocenters. The molecule has 0 atom stereocenters. The third-order valence-corrected chi connectivity index (χ3v) is 6.35. The van der Waals surface area contributed by atoms with E-state index >= 15 is 0 Å². The average molecular weight is 409 g/mol. The molecule has 2 nitrogen and oxygen atoms in total. The quantitative estimate of drug-likeness (QED) is 0.237. The summed E-state index contributed by atoms with van der Waals surface area (Å²) in [5.74, 6) is 1.91. The maximum atomic E-state index is 12.5. The van der Waals surface area contributed by atoms with E-state index < -0.39 is 0 Å². The Balaban J connectivity index is 0.00000320. The van der Waals surface area contributed by atoms with Crippen LogP contribution in [0.3, 0.4) is 0 Å². The maximum absolute atomic E-state index is 12.5. The molecule has 1 fully saturated rings. The Labute approximate surface area is 184 Å². The van der Waals surface area contributed by atoms with Crippen molar-refractivity contribution in [3.63, 3.8) is 0 Å². The number of ether oxygens (including phenoxy) is 1. The van der Waals surface area contributed by atoms with E-state index in [1.807, 2.05) is 36.4 Å². The molecule has 1 aliphatic rings. The van der Waals surface area contributed by atoms with Crippen molar-refractivity contribution in [1.82, 2.24) is 0 Å². The van der Waals surface area contributed by atoms with Crippen LogP contribution in [0.2, 0.25) is 0 Å². The summed E-state index contributed by atoms with van der Waals surface area (Å²) in [5.41, 5.74) is 3.27.